The zero-order valence-corrected chi connectivity index (χ0v) is 9.16. The van der Waals surface area contributed by atoms with Crippen molar-refractivity contribution in [2.75, 3.05) is 0 Å². The van der Waals surface area contributed by atoms with Crippen LogP contribution in [0, 0.1) is 0 Å². The van der Waals surface area contributed by atoms with Crippen LogP contribution in [0.15, 0.2) is 18.2 Å². The summed E-state index contributed by atoms with van der Waals surface area (Å²) < 4.78 is 0. The highest BCUT2D eigenvalue weighted by molar-refractivity contribution is 5.43. The molecule has 0 amide bonds. The minimum atomic E-state index is 0.0427. The fraction of sp³-hybridized carbons (Fsp3) is 0.538. The van der Waals surface area contributed by atoms with Crippen LogP contribution in [0.2, 0.25) is 0 Å². The van der Waals surface area contributed by atoms with Gasteiger partial charge in [0.25, 0.3) is 0 Å². The van der Waals surface area contributed by atoms with Gasteiger partial charge >= 0.3 is 0 Å². The largest absolute Gasteiger partial charge is 0.508 e. The normalized spacial score (nSPS) is 20.1. The second-order valence-corrected chi connectivity index (χ2v) is 4.82. The molecule has 15 heavy (non-hydrogen) atoms. The van der Waals surface area contributed by atoms with Gasteiger partial charge in [-0.15, -0.1) is 0 Å². The third kappa shape index (κ3) is 1.94. The molecule has 2 heteroatoms. The van der Waals surface area contributed by atoms with Crippen LogP contribution >= 0.6 is 0 Å². The Hall–Kier alpha value is -1.18. The lowest BCUT2D eigenvalue weighted by molar-refractivity contribution is 0.307. The van der Waals surface area contributed by atoms with Crippen LogP contribution in [-0.2, 0) is 5.41 Å². The number of aromatic hydroxyl groups is 2. The molecule has 1 saturated carbocycles. The maximum Gasteiger partial charge on any atom is 0.119 e. The summed E-state index contributed by atoms with van der Waals surface area (Å²) >= 11 is 0. The van der Waals surface area contributed by atoms with Gasteiger partial charge in [-0.2, -0.15) is 0 Å². The molecule has 0 atom stereocenters. The Kier molecular flexibility index (Phi) is 2.59. The average molecular weight is 206 g/mol. The molecule has 1 aromatic carbocycles. The first-order chi connectivity index (χ1) is 7.12. The first kappa shape index (κ1) is 10.3. The number of phenols is 2. The summed E-state index contributed by atoms with van der Waals surface area (Å²) in [6.45, 7) is 2.18. The highest BCUT2D eigenvalue weighted by Gasteiger charge is 2.31. The summed E-state index contributed by atoms with van der Waals surface area (Å²) in [6.07, 6.45) is 5.92. The second kappa shape index (κ2) is 3.76. The van der Waals surface area contributed by atoms with E-state index in [1.54, 1.807) is 12.1 Å². The minimum Gasteiger partial charge on any atom is -0.508 e. The van der Waals surface area contributed by atoms with E-state index in [1.807, 2.05) is 0 Å². The minimum absolute atomic E-state index is 0.0427. The van der Waals surface area contributed by atoms with Crippen LogP contribution in [0.5, 0.6) is 11.5 Å². The summed E-state index contributed by atoms with van der Waals surface area (Å²) in [6, 6.07) is 4.83. The summed E-state index contributed by atoms with van der Waals surface area (Å²) in [5.41, 5.74) is 0.948. The molecule has 1 aliphatic carbocycles. The molecule has 2 rings (SSSR count). The third-order valence-electron chi connectivity index (χ3n) is 3.59. The molecule has 1 aromatic rings. The number of hydrogen-bond acceptors (Lipinski definition) is 2. The molecule has 1 fully saturated rings. The number of hydrogen-bond donors (Lipinski definition) is 2. The van der Waals surface area contributed by atoms with Crippen molar-refractivity contribution in [3.05, 3.63) is 23.8 Å². The van der Waals surface area contributed by atoms with Crippen LogP contribution in [0.3, 0.4) is 0 Å². The van der Waals surface area contributed by atoms with Crippen molar-refractivity contribution < 1.29 is 10.2 Å². The standard InChI is InChI=1S/C13H18O2/c1-13(7-3-2-4-8-13)11-9-10(14)5-6-12(11)15/h5-6,9,14-15H,2-4,7-8H2,1H3. The van der Waals surface area contributed by atoms with Gasteiger partial charge < -0.3 is 10.2 Å². The molecule has 0 saturated heterocycles. The predicted octanol–water partition coefficient (Wildman–Crippen LogP) is 3.32. The van der Waals surface area contributed by atoms with Crippen LogP contribution < -0.4 is 0 Å². The van der Waals surface area contributed by atoms with Gasteiger partial charge in [-0.25, -0.2) is 0 Å². The van der Waals surface area contributed by atoms with Gasteiger partial charge in [0.15, 0.2) is 0 Å². The topological polar surface area (TPSA) is 40.5 Å². The molecule has 1 aliphatic rings. The quantitative estimate of drug-likeness (QED) is 0.692. The first-order valence-electron chi connectivity index (χ1n) is 5.64. The van der Waals surface area contributed by atoms with E-state index in [1.165, 1.54) is 25.3 Å². The van der Waals surface area contributed by atoms with Crippen molar-refractivity contribution in [1.82, 2.24) is 0 Å². The zero-order chi connectivity index (χ0) is 10.9. The Morgan fingerprint density at radius 2 is 1.73 bits per heavy atom. The van der Waals surface area contributed by atoms with Crippen molar-refractivity contribution in [1.29, 1.82) is 0 Å². The van der Waals surface area contributed by atoms with Crippen LogP contribution in [-0.4, -0.2) is 10.2 Å². The highest BCUT2D eigenvalue weighted by atomic mass is 16.3. The fourth-order valence-electron chi connectivity index (χ4n) is 2.61. The Labute approximate surface area is 90.6 Å². The lowest BCUT2D eigenvalue weighted by atomic mass is 9.70. The average Bonchev–Trinajstić information content (AvgIpc) is 2.23. The van der Waals surface area contributed by atoms with Crippen molar-refractivity contribution >= 4 is 0 Å². The van der Waals surface area contributed by atoms with E-state index in [-0.39, 0.29) is 11.2 Å². The van der Waals surface area contributed by atoms with Gasteiger partial charge in [0.05, 0.1) is 0 Å². The predicted molar refractivity (Wildman–Crippen MR) is 60.2 cm³/mol. The van der Waals surface area contributed by atoms with Crippen molar-refractivity contribution in [2.24, 2.45) is 0 Å². The van der Waals surface area contributed by atoms with Gasteiger partial charge in [0, 0.05) is 5.56 Å². The molecule has 0 aromatic heterocycles. The van der Waals surface area contributed by atoms with Crippen LogP contribution in [0.1, 0.15) is 44.6 Å². The number of benzene rings is 1. The van der Waals surface area contributed by atoms with E-state index in [0.717, 1.165) is 18.4 Å². The van der Waals surface area contributed by atoms with Gasteiger partial charge in [-0.3, -0.25) is 0 Å². The second-order valence-electron chi connectivity index (χ2n) is 4.82. The summed E-state index contributed by atoms with van der Waals surface area (Å²) in [7, 11) is 0. The smallest absolute Gasteiger partial charge is 0.119 e. The lowest BCUT2D eigenvalue weighted by Gasteiger charge is -2.34. The maximum absolute atomic E-state index is 9.84. The van der Waals surface area contributed by atoms with E-state index >= 15 is 0 Å². The van der Waals surface area contributed by atoms with E-state index in [4.69, 9.17) is 0 Å². The molecule has 82 valence electrons. The SMILES string of the molecule is CC1(c2cc(O)ccc2O)CCCCC1. The molecule has 0 aliphatic heterocycles. The van der Waals surface area contributed by atoms with Crippen molar-refractivity contribution in [3.63, 3.8) is 0 Å². The van der Waals surface area contributed by atoms with Gasteiger partial charge in [-0.05, 0) is 36.5 Å². The van der Waals surface area contributed by atoms with Gasteiger partial charge in [0.1, 0.15) is 11.5 Å². The summed E-state index contributed by atoms with van der Waals surface area (Å²) in [4.78, 5) is 0. The van der Waals surface area contributed by atoms with Crippen molar-refractivity contribution in [3.8, 4) is 11.5 Å². The molecule has 0 spiro atoms. The monoisotopic (exact) mass is 206 g/mol. The molecule has 0 unspecified atom stereocenters. The molecule has 0 bridgehead atoms. The highest BCUT2D eigenvalue weighted by Crippen LogP contribution is 2.43. The maximum atomic E-state index is 9.84. The molecular weight excluding hydrogens is 188 g/mol. The van der Waals surface area contributed by atoms with E-state index in [0.29, 0.717) is 5.75 Å². The Balaban J connectivity index is 2.38. The van der Waals surface area contributed by atoms with E-state index in [9.17, 15) is 10.2 Å². The first-order valence-corrected chi connectivity index (χ1v) is 5.64. The fourth-order valence-corrected chi connectivity index (χ4v) is 2.61. The molecule has 0 heterocycles. The lowest BCUT2D eigenvalue weighted by Crippen LogP contribution is -2.25. The summed E-state index contributed by atoms with van der Waals surface area (Å²) in [5, 5.41) is 19.3. The van der Waals surface area contributed by atoms with E-state index < -0.39 is 0 Å². The summed E-state index contributed by atoms with van der Waals surface area (Å²) in [5.74, 6) is 0.562. The van der Waals surface area contributed by atoms with Crippen molar-refractivity contribution in [2.45, 2.75) is 44.4 Å². The number of phenolic OH excluding ortho intramolecular Hbond substituents is 2. The molecule has 0 radical (unpaired) electrons. The van der Waals surface area contributed by atoms with Crippen LogP contribution in [0.25, 0.3) is 0 Å². The Bertz CT molecular complexity index is 352. The number of rotatable bonds is 1. The molecule has 2 nitrogen and oxygen atoms in total. The zero-order valence-electron chi connectivity index (χ0n) is 9.16. The molecule has 2 N–H and O–H groups in total. The Morgan fingerprint density at radius 1 is 1.07 bits per heavy atom. The van der Waals surface area contributed by atoms with Gasteiger partial charge in [-0.1, -0.05) is 26.2 Å². The van der Waals surface area contributed by atoms with Crippen LogP contribution in [0.4, 0.5) is 0 Å². The van der Waals surface area contributed by atoms with Gasteiger partial charge in [0.2, 0.25) is 0 Å². The Morgan fingerprint density at radius 3 is 2.40 bits per heavy atom. The third-order valence-corrected chi connectivity index (χ3v) is 3.59. The molecular formula is C13H18O2. The van der Waals surface area contributed by atoms with E-state index in [2.05, 4.69) is 6.92 Å².